The van der Waals surface area contributed by atoms with Crippen molar-refractivity contribution in [2.75, 3.05) is 30.3 Å². The summed E-state index contributed by atoms with van der Waals surface area (Å²) < 4.78 is 11.5. The van der Waals surface area contributed by atoms with E-state index in [1.165, 1.54) is 6.42 Å². The van der Waals surface area contributed by atoms with Crippen LogP contribution in [0.1, 0.15) is 19.3 Å². The van der Waals surface area contributed by atoms with E-state index in [2.05, 4.69) is 9.88 Å². The number of nitrogens with zero attached hydrogens (tertiary/aromatic N) is 2. The molecule has 2 aliphatic rings. The van der Waals surface area contributed by atoms with Crippen LogP contribution in [-0.2, 0) is 4.74 Å². The van der Waals surface area contributed by atoms with Crippen molar-refractivity contribution in [2.24, 2.45) is 0 Å². The molecule has 2 aliphatic heterocycles. The van der Waals surface area contributed by atoms with Gasteiger partial charge in [-0.25, -0.2) is 0 Å². The number of aromatic nitrogens is 1. The van der Waals surface area contributed by atoms with Crippen LogP contribution in [0.5, 0.6) is 0 Å². The molecule has 2 N–H and O–H groups in total. The minimum absolute atomic E-state index is 0.160. The second kappa shape index (κ2) is 3.87. The van der Waals surface area contributed by atoms with Gasteiger partial charge in [-0.15, -0.1) is 0 Å². The second-order valence-corrected chi connectivity index (χ2v) is 5.49. The van der Waals surface area contributed by atoms with E-state index in [0.29, 0.717) is 11.7 Å². The highest BCUT2D eigenvalue weighted by Gasteiger charge is 2.41. The smallest absolute Gasteiger partial charge is 0.298 e. The normalized spacial score (nSPS) is 21.8. The molecule has 0 radical (unpaired) electrons. The fraction of sp³-hybridized carbons (Fsp3) is 0.500. The van der Waals surface area contributed by atoms with Crippen LogP contribution >= 0.6 is 0 Å². The van der Waals surface area contributed by atoms with Crippen molar-refractivity contribution in [3.05, 3.63) is 18.2 Å². The van der Waals surface area contributed by atoms with E-state index in [9.17, 15) is 0 Å². The highest BCUT2D eigenvalue weighted by atomic mass is 16.5. The lowest BCUT2D eigenvalue weighted by Crippen LogP contribution is -2.52. The number of benzene rings is 1. The Balaban J connectivity index is 1.57. The summed E-state index contributed by atoms with van der Waals surface area (Å²) in [5, 5.41) is 0. The SMILES string of the molecule is Nc1ccc2oc(N3CCC4(CCO4)CC3)nc2c1. The number of ether oxygens (including phenoxy) is 1. The van der Waals surface area contributed by atoms with Gasteiger partial charge >= 0.3 is 0 Å². The monoisotopic (exact) mass is 259 g/mol. The van der Waals surface area contributed by atoms with Crippen molar-refractivity contribution in [2.45, 2.75) is 24.9 Å². The van der Waals surface area contributed by atoms with Crippen LogP contribution in [0.25, 0.3) is 11.1 Å². The van der Waals surface area contributed by atoms with Gasteiger partial charge < -0.3 is 19.8 Å². The van der Waals surface area contributed by atoms with E-state index in [0.717, 1.165) is 43.6 Å². The third-order valence-electron chi connectivity index (χ3n) is 4.31. The predicted octanol–water partition coefficient (Wildman–Crippen LogP) is 2.17. The van der Waals surface area contributed by atoms with Gasteiger partial charge in [0.2, 0.25) is 0 Å². The van der Waals surface area contributed by atoms with E-state index in [4.69, 9.17) is 14.9 Å². The lowest BCUT2D eigenvalue weighted by Gasteiger charge is -2.47. The van der Waals surface area contributed by atoms with Crippen molar-refractivity contribution >= 4 is 22.8 Å². The summed E-state index contributed by atoms with van der Waals surface area (Å²) in [5.74, 6) is 0. The minimum Gasteiger partial charge on any atom is -0.423 e. The highest BCUT2D eigenvalue weighted by Crippen LogP contribution is 2.38. The minimum atomic E-state index is 0.160. The molecule has 0 atom stereocenters. The van der Waals surface area contributed by atoms with Gasteiger partial charge in [0.1, 0.15) is 5.52 Å². The quantitative estimate of drug-likeness (QED) is 0.795. The Labute approximate surface area is 111 Å². The molecule has 0 saturated carbocycles. The molecular formula is C14H17N3O2. The summed E-state index contributed by atoms with van der Waals surface area (Å²) in [6, 6.07) is 6.27. The van der Waals surface area contributed by atoms with Crippen molar-refractivity contribution in [3.63, 3.8) is 0 Å². The molecule has 0 bridgehead atoms. The first-order valence-corrected chi connectivity index (χ1v) is 6.79. The van der Waals surface area contributed by atoms with E-state index in [1.807, 2.05) is 18.2 Å². The van der Waals surface area contributed by atoms with Crippen LogP contribution in [0, 0.1) is 0 Å². The molecule has 1 spiro atoms. The zero-order valence-electron chi connectivity index (χ0n) is 10.8. The zero-order valence-corrected chi connectivity index (χ0v) is 10.8. The van der Waals surface area contributed by atoms with E-state index in [-0.39, 0.29) is 5.60 Å². The maximum Gasteiger partial charge on any atom is 0.298 e. The number of hydrogen-bond acceptors (Lipinski definition) is 5. The molecule has 1 aromatic heterocycles. The Kier molecular flexibility index (Phi) is 2.26. The molecule has 2 aromatic rings. The van der Waals surface area contributed by atoms with Gasteiger partial charge in [-0.05, 0) is 37.5 Å². The lowest BCUT2D eigenvalue weighted by molar-refractivity contribution is -0.158. The van der Waals surface area contributed by atoms with Gasteiger partial charge in [-0.3, -0.25) is 0 Å². The van der Waals surface area contributed by atoms with Gasteiger partial charge in [0.05, 0.1) is 12.2 Å². The molecule has 0 aliphatic carbocycles. The van der Waals surface area contributed by atoms with E-state index >= 15 is 0 Å². The number of piperidine rings is 1. The van der Waals surface area contributed by atoms with Gasteiger partial charge in [0, 0.05) is 18.8 Å². The molecule has 0 amide bonds. The lowest BCUT2D eigenvalue weighted by atomic mass is 9.84. The third-order valence-corrected chi connectivity index (χ3v) is 4.31. The Morgan fingerprint density at radius 2 is 2.00 bits per heavy atom. The Hall–Kier alpha value is -1.75. The van der Waals surface area contributed by atoms with Gasteiger partial charge in [0.25, 0.3) is 6.01 Å². The zero-order chi connectivity index (χ0) is 12.9. The largest absolute Gasteiger partial charge is 0.423 e. The van der Waals surface area contributed by atoms with Gasteiger partial charge in [-0.2, -0.15) is 4.98 Å². The fourth-order valence-corrected chi connectivity index (χ4v) is 2.96. The number of nitrogens with two attached hydrogens (primary N) is 1. The van der Waals surface area contributed by atoms with Gasteiger partial charge in [0.15, 0.2) is 5.58 Å². The second-order valence-electron chi connectivity index (χ2n) is 5.49. The summed E-state index contributed by atoms with van der Waals surface area (Å²) in [4.78, 5) is 6.72. The van der Waals surface area contributed by atoms with Crippen molar-refractivity contribution in [1.82, 2.24) is 4.98 Å². The number of rotatable bonds is 1. The average Bonchev–Trinajstić information content (AvgIpc) is 2.80. The third kappa shape index (κ3) is 1.76. The number of hydrogen-bond donors (Lipinski definition) is 1. The molecule has 2 fully saturated rings. The first-order valence-electron chi connectivity index (χ1n) is 6.79. The summed E-state index contributed by atoms with van der Waals surface area (Å²) in [6.07, 6.45) is 3.33. The van der Waals surface area contributed by atoms with Crippen LogP contribution in [0.15, 0.2) is 22.6 Å². The number of fused-ring (bicyclic) bond motifs is 1. The Bertz CT molecular complexity index is 608. The first kappa shape index (κ1) is 11.1. The van der Waals surface area contributed by atoms with Crippen LogP contribution < -0.4 is 10.6 Å². The van der Waals surface area contributed by atoms with Crippen molar-refractivity contribution < 1.29 is 9.15 Å². The molecule has 5 nitrogen and oxygen atoms in total. The molecule has 0 unspecified atom stereocenters. The predicted molar refractivity (Wildman–Crippen MR) is 73.2 cm³/mol. The Morgan fingerprint density at radius 3 is 2.68 bits per heavy atom. The number of oxazole rings is 1. The first-order chi connectivity index (χ1) is 9.24. The fourth-order valence-electron chi connectivity index (χ4n) is 2.96. The molecule has 4 rings (SSSR count). The van der Waals surface area contributed by atoms with Crippen molar-refractivity contribution in [1.29, 1.82) is 0 Å². The molecule has 1 aromatic carbocycles. The molecule has 5 heteroatoms. The van der Waals surface area contributed by atoms with Gasteiger partial charge in [-0.1, -0.05) is 0 Å². The summed E-state index contributed by atoms with van der Waals surface area (Å²) >= 11 is 0. The molecule has 100 valence electrons. The number of nitrogen functional groups attached to an aromatic ring is 1. The molecule has 19 heavy (non-hydrogen) atoms. The average molecular weight is 259 g/mol. The highest BCUT2D eigenvalue weighted by molar-refractivity contribution is 5.78. The van der Waals surface area contributed by atoms with Crippen LogP contribution in [-0.4, -0.2) is 30.3 Å². The van der Waals surface area contributed by atoms with Crippen LogP contribution in [0.4, 0.5) is 11.7 Å². The van der Waals surface area contributed by atoms with E-state index in [1.54, 1.807) is 0 Å². The van der Waals surface area contributed by atoms with Crippen LogP contribution in [0.3, 0.4) is 0 Å². The summed E-state index contributed by atoms with van der Waals surface area (Å²) in [5.41, 5.74) is 8.26. The van der Waals surface area contributed by atoms with E-state index < -0.39 is 0 Å². The maximum atomic E-state index is 5.80. The Morgan fingerprint density at radius 1 is 1.21 bits per heavy atom. The number of anilines is 2. The topological polar surface area (TPSA) is 64.5 Å². The molecule has 3 heterocycles. The summed E-state index contributed by atoms with van der Waals surface area (Å²) in [6.45, 7) is 2.81. The molecular weight excluding hydrogens is 242 g/mol. The standard InChI is InChI=1S/C14H17N3O2/c15-10-1-2-12-11(9-10)16-13(19-12)17-6-3-14(4-7-17)5-8-18-14/h1-2,9H,3-8,15H2. The van der Waals surface area contributed by atoms with Crippen molar-refractivity contribution in [3.8, 4) is 0 Å². The molecule has 2 saturated heterocycles. The van der Waals surface area contributed by atoms with Crippen LogP contribution in [0.2, 0.25) is 0 Å². The maximum absolute atomic E-state index is 5.80. The summed E-state index contributed by atoms with van der Waals surface area (Å²) in [7, 11) is 0.